The molecule has 0 aliphatic heterocycles. The summed E-state index contributed by atoms with van der Waals surface area (Å²) in [5, 5.41) is 3.42. The summed E-state index contributed by atoms with van der Waals surface area (Å²) in [6, 6.07) is 1.25. The van der Waals surface area contributed by atoms with Gasteiger partial charge in [-0.2, -0.15) is 13.2 Å². The minimum Gasteiger partial charge on any atom is -0.361 e. The minimum atomic E-state index is -4.54. The third kappa shape index (κ3) is 3.43. The van der Waals surface area contributed by atoms with Gasteiger partial charge in [-0.25, -0.2) is 9.79 Å². The van der Waals surface area contributed by atoms with Crippen LogP contribution in [-0.4, -0.2) is 24.0 Å². The average molecular weight is 262 g/mol. The zero-order valence-electron chi connectivity index (χ0n) is 10.2. The molecule has 0 N–H and O–H groups in total. The summed E-state index contributed by atoms with van der Waals surface area (Å²) >= 11 is 0. The lowest BCUT2D eigenvalue weighted by atomic mass is 9.92. The Morgan fingerprint density at radius 3 is 2.44 bits per heavy atom. The maximum absolute atomic E-state index is 12.8. The van der Waals surface area contributed by atoms with Crippen molar-refractivity contribution in [3.05, 3.63) is 17.5 Å². The van der Waals surface area contributed by atoms with E-state index in [1.165, 1.54) is 6.07 Å². The SMILES string of the molecule is CC(C)(C)c1cc(C(CN=C=O)C(F)(F)F)no1. The Morgan fingerprint density at radius 2 is 2.06 bits per heavy atom. The van der Waals surface area contributed by atoms with Crippen LogP contribution in [-0.2, 0) is 10.2 Å². The van der Waals surface area contributed by atoms with Gasteiger partial charge in [0.15, 0.2) is 0 Å². The topological polar surface area (TPSA) is 55.5 Å². The lowest BCUT2D eigenvalue weighted by Crippen LogP contribution is -2.23. The van der Waals surface area contributed by atoms with Crippen LogP contribution < -0.4 is 0 Å². The number of rotatable bonds is 3. The number of isocyanates is 1. The van der Waals surface area contributed by atoms with Crippen molar-refractivity contribution in [3.63, 3.8) is 0 Å². The van der Waals surface area contributed by atoms with Crippen LogP contribution in [0.1, 0.15) is 38.1 Å². The van der Waals surface area contributed by atoms with E-state index in [2.05, 4.69) is 10.1 Å². The molecule has 0 bridgehead atoms. The second kappa shape index (κ2) is 4.94. The summed E-state index contributed by atoms with van der Waals surface area (Å²) in [5.41, 5.74) is -0.707. The normalized spacial score (nSPS) is 14.1. The molecule has 1 aromatic rings. The van der Waals surface area contributed by atoms with Crippen molar-refractivity contribution in [2.24, 2.45) is 4.99 Å². The van der Waals surface area contributed by atoms with E-state index in [0.29, 0.717) is 5.76 Å². The summed E-state index contributed by atoms with van der Waals surface area (Å²) < 4.78 is 43.2. The fraction of sp³-hybridized carbons (Fsp3) is 0.636. The molecule has 1 aromatic heterocycles. The molecule has 1 unspecified atom stereocenters. The third-order valence-corrected chi connectivity index (χ3v) is 2.36. The van der Waals surface area contributed by atoms with Crippen LogP contribution in [0.4, 0.5) is 13.2 Å². The predicted molar refractivity (Wildman–Crippen MR) is 57.0 cm³/mol. The number of hydrogen-bond donors (Lipinski definition) is 0. The summed E-state index contributed by atoms with van der Waals surface area (Å²) in [5.74, 6) is -1.60. The quantitative estimate of drug-likeness (QED) is 0.621. The minimum absolute atomic E-state index is 0.272. The molecule has 1 atom stereocenters. The van der Waals surface area contributed by atoms with Crippen LogP contribution in [0, 0.1) is 0 Å². The Bertz CT molecular complexity index is 454. The van der Waals surface area contributed by atoms with Gasteiger partial charge >= 0.3 is 6.18 Å². The molecule has 0 aliphatic carbocycles. The molecular formula is C11H13F3N2O2. The van der Waals surface area contributed by atoms with Crippen LogP contribution in [0.3, 0.4) is 0 Å². The summed E-state index contributed by atoms with van der Waals surface area (Å²) in [7, 11) is 0. The number of aliphatic imine (C=N–C) groups is 1. The predicted octanol–water partition coefficient (Wildman–Crippen LogP) is 2.95. The molecule has 100 valence electrons. The number of nitrogens with zero attached hydrogens (tertiary/aromatic N) is 2. The van der Waals surface area contributed by atoms with Gasteiger partial charge in [0, 0.05) is 11.5 Å². The Hall–Kier alpha value is -1.62. The molecule has 0 amide bonds. The van der Waals surface area contributed by atoms with Crippen LogP contribution >= 0.6 is 0 Å². The van der Waals surface area contributed by atoms with Gasteiger partial charge in [0.1, 0.15) is 11.7 Å². The molecule has 0 radical (unpaired) electrons. The second-order valence-electron chi connectivity index (χ2n) is 4.89. The zero-order valence-corrected chi connectivity index (χ0v) is 10.2. The maximum atomic E-state index is 12.8. The van der Waals surface area contributed by atoms with E-state index in [0.717, 1.165) is 6.08 Å². The number of aromatic nitrogens is 1. The van der Waals surface area contributed by atoms with E-state index in [1.54, 1.807) is 20.8 Å². The fourth-order valence-corrected chi connectivity index (χ4v) is 1.30. The van der Waals surface area contributed by atoms with Crippen molar-refractivity contribution in [2.45, 2.75) is 38.3 Å². The highest BCUT2D eigenvalue weighted by molar-refractivity contribution is 5.33. The van der Waals surface area contributed by atoms with Crippen LogP contribution in [0.15, 0.2) is 15.6 Å². The molecule has 0 fully saturated rings. The third-order valence-electron chi connectivity index (χ3n) is 2.36. The average Bonchev–Trinajstić information content (AvgIpc) is 2.64. The number of alkyl halides is 3. The lowest BCUT2D eigenvalue weighted by Gasteiger charge is -2.15. The van der Waals surface area contributed by atoms with E-state index in [9.17, 15) is 18.0 Å². The molecule has 0 spiro atoms. The van der Waals surface area contributed by atoms with E-state index in [4.69, 9.17) is 4.52 Å². The molecule has 7 heteroatoms. The standard InChI is InChI=1S/C11H13F3N2O2/c1-10(2,3)9-4-8(16-18-9)7(5-15-6-17)11(12,13)14/h4,7H,5H2,1-3H3. The van der Waals surface area contributed by atoms with Crippen molar-refractivity contribution in [1.29, 1.82) is 0 Å². The van der Waals surface area contributed by atoms with E-state index in [-0.39, 0.29) is 5.69 Å². The Morgan fingerprint density at radius 1 is 1.44 bits per heavy atom. The van der Waals surface area contributed by atoms with Gasteiger partial charge in [-0.05, 0) is 0 Å². The first-order chi connectivity index (χ1) is 8.16. The van der Waals surface area contributed by atoms with Gasteiger partial charge in [0.2, 0.25) is 6.08 Å². The molecular weight excluding hydrogens is 249 g/mol. The Labute approximate surface area is 102 Å². The molecule has 1 heterocycles. The highest BCUT2D eigenvalue weighted by Crippen LogP contribution is 2.36. The fourth-order valence-electron chi connectivity index (χ4n) is 1.30. The van der Waals surface area contributed by atoms with Gasteiger partial charge in [-0.1, -0.05) is 25.9 Å². The highest BCUT2D eigenvalue weighted by atomic mass is 19.4. The highest BCUT2D eigenvalue weighted by Gasteiger charge is 2.43. The van der Waals surface area contributed by atoms with E-state index < -0.39 is 24.1 Å². The smallest absolute Gasteiger partial charge is 0.361 e. The lowest BCUT2D eigenvalue weighted by molar-refractivity contribution is -0.149. The molecule has 4 nitrogen and oxygen atoms in total. The number of carbonyl (C=O) groups excluding carboxylic acids is 1. The molecule has 0 saturated heterocycles. The van der Waals surface area contributed by atoms with Gasteiger partial charge in [0.05, 0.1) is 12.2 Å². The molecule has 1 rings (SSSR count). The molecule has 0 saturated carbocycles. The Balaban J connectivity index is 3.07. The van der Waals surface area contributed by atoms with Crippen molar-refractivity contribution in [3.8, 4) is 0 Å². The molecule has 0 aromatic carbocycles. The molecule has 18 heavy (non-hydrogen) atoms. The second-order valence-corrected chi connectivity index (χ2v) is 4.89. The summed E-state index contributed by atoms with van der Waals surface area (Å²) in [4.78, 5) is 12.9. The van der Waals surface area contributed by atoms with Gasteiger partial charge < -0.3 is 4.52 Å². The van der Waals surface area contributed by atoms with Crippen LogP contribution in [0.2, 0.25) is 0 Å². The first kappa shape index (κ1) is 14.4. The zero-order chi connectivity index (χ0) is 14.0. The Kier molecular flexibility index (Phi) is 3.96. The van der Waals surface area contributed by atoms with E-state index in [1.807, 2.05) is 0 Å². The van der Waals surface area contributed by atoms with Gasteiger partial charge in [-0.15, -0.1) is 0 Å². The summed E-state index contributed by atoms with van der Waals surface area (Å²) in [6.45, 7) is 4.65. The number of halogens is 3. The van der Waals surface area contributed by atoms with Crippen LogP contribution in [0.5, 0.6) is 0 Å². The number of hydrogen-bond acceptors (Lipinski definition) is 4. The molecule has 0 aliphatic rings. The summed E-state index contributed by atoms with van der Waals surface area (Å²) in [6.07, 6.45) is -3.44. The largest absolute Gasteiger partial charge is 0.399 e. The van der Waals surface area contributed by atoms with Gasteiger partial charge in [-0.3, -0.25) is 0 Å². The maximum Gasteiger partial charge on any atom is 0.399 e. The van der Waals surface area contributed by atoms with Crippen molar-refractivity contribution in [2.75, 3.05) is 6.54 Å². The first-order valence-electron chi connectivity index (χ1n) is 5.23. The van der Waals surface area contributed by atoms with E-state index >= 15 is 0 Å². The van der Waals surface area contributed by atoms with Crippen molar-refractivity contribution in [1.82, 2.24) is 5.16 Å². The monoisotopic (exact) mass is 262 g/mol. The van der Waals surface area contributed by atoms with Crippen LogP contribution in [0.25, 0.3) is 0 Å². The van der Waals surface area contributed by atoms with Crippen molar-refractivity contribution < 1.29 is 22.5 Å². The van der Waals surface area contributed by atoms with Crippen molar-refractivity contribution >= 4 is 6.08 Å². The van der Waals surface area contributed by atoms with Gasteiger partial charge in [0.25, 0.3) is 0 Å². The first-order valence-corrected chi connectivity index (χ1v) is 5.23.